The van der Waals surface area contributed by atoms with Crippen LogP contribution in [-0.2, 0) is 0 Å². The predicted molar refractivity (Wildman–Crippen MR) is 52.2 cm³/mol. The van der Waals surface area contributed by atoms with Gasteiger partial charge in [-0.2, -0.15) is 12.6 Å². The molecule has 0 amide bonds. The molecule has 0 heterocycles. The maximum absolute atomic E-state index is 8.64. The van der Waals surface area contributed by atoms with E-state index in [0.717, 1.165) is 25.4 Å². The monoisotopic (exact) mass is 175 g/mol. The van der Waals surface area contributed by atoms with Crippen LogP contribution >= 0.6 is 12.6 Å². The summed E-state index contributed by atoms with van der Waals surface area (Å²) in [7, 11) is 0. The number of thiol groups is 1. The first-order chi connectivity index (χ1) is 5.35. The van der Waals surface area contributed by atoms with Crippen LogP contribution in [0.4, 0.5) is 0 Å². The minimum atomic E-state index is 0.239. The standard InChI is InChI=1S/C8H17NOS/c1-2-9(6-7-10)5-3-4-8-11/h3-4,10-11H,2,5-8H2,1H3. The molecule has 0 aliphatic rings. The van der Waals surface area contributed by atoms with Crippen molar-refractivity contribution in [2.75, 3.05) is 32.0 Å². The van der Waals surface area contributed by atoms with E-state index in [0.29, 0.717) is 0 Å². The largest absolute Gasteiger partial charge is 0.395 e. The zero-order valence-electron chi connectivity index (χ0n) is 7.03. The molecule has 0 saturated heterocycles. The average molecular weight is 175 g/mol. The lowest BCUT2D eigenvalue weighted by atomic mass is 10.4. The first-order valence-corrected chi connectivity index (χ1v) is 4.57. The molecular weight excluding hydrogens is 158 g/mol. The van der Waals surface area contributed by atoms with Crippen LogP contribution in [0, 0.1) is 0 Å². The van der Waals surface area contributed by atoms with E-state index in [-0.39, 0.29) is 6.61 Å². The van der Waals surface area contributed by atoms with E-state index in [1.54, 1.807) is 0 Å². The Kier molecular flexibility index (Phi) is 8.12. The fourth-order valence-electron chi connectivity index (χ4n) is 0.818. The molecule has 0 atom stereocenters. The summed E-state index contributed by atoms with van der Waals surface area (Å²) in [5.74, 6) is 0.788. The molecule has 0 aliphatic heterocycles. The zero-order valence-corrected chi connectivity index (χ0v) is 7.93. The minimum absolute atomic E-state index is 0.239. The van der Waals surface area contributed by atoms with Crippen LogP contribution in [0.15, 0.2) is 12.2 Å². The van der Waals surface area contributed by atoms with Gasteiger partial charge in [0.15, 0.2) is 0 Å². The molecule has 0 rings (SSSR count). The predicted octanol–water partition coefficient (Wildman–Crippen LogP) is 0.787. The molecular formula is C8H17NOS. The minimum Gasteiger partial charge on any atom is -0.395 e. The second-order valence-corrected chi connectivity index (χ2v) is 2.64. The van der Waals surface area contributed by atoms with Gasteiger partial charge in [0, 0.05) is 18.8 Å². The molecule has 0 aromatic heterocycles. The van der Waals surface area contributed by atoms with Gasteiger partial charge in [-0.3, -0.25) is 4.90 Å². The Morgan fingerprint density at radius 1 is 1.45 bits per heavy atom. The Hall–Kier alpha value is 0.01000. The quantitative estimate of drug-likeness (QED) is 0.460. The number of hydrogen-bond acceptors (Lipinski definition) is 3. The Balaban J connectivity index is 3.42. The van der Waals surface area contributed by atoms with Crippen LogP contribution in [0.2, 0.25) is 0 Å². The fraction of sp³-hybridized carbons (Fsp3) is 0.750. The highest BCUT2D eigenvalue weighted by Gasteiger charge is 1.95. The lowest BCUT2D eigenvalue weighted by Gasteiger charge is -2.16. The van der Waals surface area contributed by atoms with Gasteiger partial charge < -0.3 is 5.11 Å². The molecule has 11 heavy (non-hydrogen) atoms. The van der Waals surface area contributed by atoms with Crippen molar-refractivity contribution in [1.82, 2.24) is 4.90 Å². The lowest BCUT2D eigenvalue weighted by molar-refractivity contribution is 0.214. The van der Waals surface area contributed by atoms with Crippen LogP contribution in [0.25, 0.3) is 0 Å². The summed E-state index contributed by atoms with van der Waals surface area (Å²) >= 11 is 4.05. The molecule has 1 N–H and O–H groups in total. The number of hydrogen-bond donors (Lipinski definition) is 2. The average Bonchev–Trinajstić information content (AvgIpc) is 2.03. The van der Waals surface area contributed by atoms with E-state index in [4.69, 9.17) is 5.11 Å². The van der Waals surface area contributed by atoms with Crippen molar-refractivity contribution in [2.24, 2.45) is 0 Å². The Labute approximate surface area is 74.3 Å². The van der Waals surface area contributed by atoms with E-state index in [9.17, 15) is 0 Å². The zero-order chi connectivity index (χ0) is 8.53. The van der Waals surface area contributed by atoms with Gasteiger partial charge in [-0.05, 0) is 6.54 Å². The molecule has 0 spiro atoms. The smallest absolute Gasteiger partial charge is 0.0558 e. The Morgan fingerprint density at radius 3 is 2.64 bits per heavy atom. The van der Waals surface area contributed by atoms with Gasteiger partial charge in [-0.25, -0.2) is 0 Å². The summed E-state index contributed by atoms with van der Waals surface area (Å²) in [6.07, 6.45) is 4.09. The highest BCUT2D eigenvalue weighted by atomic mass is 32.1. The SMILES string of the molecule is CCN(CC=CCS)CCO. The summed E-state index contributed by atoms with van der Waals surface area (Å²) in [6.45, 7) is 4.98. The van der Waals surface area contributed by atoms with E-state index < -0.39 is 0 Å². The molecule has 0 aromatic rings. The van der Waals surface area contributed by atoms with Gasteiger partial charge in [-0.15, -0.1) is 0 Å². The first-order valence-electron chi connectivity index (χ1n) is 3.94. The summed E-state index contributed by atoms with van der Waals surface area (Å²) in [5, 5.41) is 8.64. The summed E-state index contributed by atoms with van der Waals surface area (Å²) < 4.78 is 0. The number of likely N-dealkylation sites (N-methyl/N-ethyl adjacent to an activating group) is 1. The maximum Gasteiger partial charge on any atom is 0.0558 e. The third-order valence-corrected chi connectivity index (χ3v) is 1.71. The highest BCUT2D eigenvalue weighted by molar-refractivity contribution is 7.80. The first kappa shape index (κ1) is 11.0. The summed E-state index contributed by atoms with van der Waals surface area (Å²) in [5.41, 5.74) is 0. The second kappa shape index (κ2) is 8.11. The molecule has 0 fully saturated rings. The van der Waals surface area contributed by atoms with Crippen LogP contribution in [0.1, 0.15) is 6.92 Å². The van der Waals surface area contributed by atoms with E-state index in [1.807, 2.05) is 6.08 Å². The molecule has 0 aromatic carbocycles. The molecule has 0 bridgehead atoms. The van der Waals surface area contributed by atoms with E-state index in [1.165, 1.54) is 0 Å². The van der Waals surface area contributed by atoms with Crippen molar-refractivity contribution < 1.29 is 5.11 Å². The number of aliphatic hydroxyl groups is 1. The van der Waals surface area contributed by atoms with E-state index >= 15 is 0 Å². The molecule has 0 radical (unpaired) electrons. The third-order valence-electron chi connectivity index (χ3n) is 1.50. The number of aliphatic hydroxyl groups excluding tert-OH is 1. The molecule has 0 unspecified atom stereocenters. The van der Waals surface area contributed by atoms with Crippen LogP contribution in [0.3, 0.4) is 0 Å². The lowest BCUT2D eigenvalue weighted by Crippen LogP contribution is -2.26. The summed E-state index contributed by atoms with van der Waals surface area (Å²) in [6, 6.07) is 0. The van der Waals surface area contributed by atoms with Crippen molar-refractivity contribution in [2.45, 2.75) is 6.92 Å². The maximum atomic E-state index is 8.64. The second-order valence-electron chi connectivity index (χ2n) is 2.27. The van der Waals surface area contributed by atoms with Crippen molar-refractivity contribution in [3.8, 4) is 0 Å². The molecule has 0 aliphatic carbocycles. The normalized spacial score (nSPS) is 11.6. The van der Waals surface area contributed by atoms with Gasteiger partial charge in [0.05, 0.1) is 6.61 Å². The third kappa shape index (κ3) is 6.41. The molecule has 2 nitrogen and oxygen atoms in total. The molecule has 0 saturated carbocycles. The summed E-state index contributed by atoms with van der Waals surface area (Å²) in [4.78, 5) is 2.17. The van der Waals surface area contributed by atoms with Crippen molar-refractivity contribution in [3.63, 3.8) is 0 Å². The van der Waals surface area contributed by atoms with Gasteiger partial charge in [0.25, 0.3) is 0 Å². The highest BCUT2D eigenvalue weighted by Crippen LogP contribution is 1.87. The van der Waals surface area contributed by atoms with Crippen molar-refractivity contribution in [3.05, 3.63) is 12.2 Å². The van der Waals surface area contributed by atoms with Crippen LogP contribution < -0.4 is 0 Å². The topological polar surface area (TPSA) is 23.5 Å². The van der Waals surface area contributed by atoms with Crippen molar-refractivity contribution >= 4 is 12.6 Å². The van der Waals surface area contributed by atoms with Gasteiger partial charge >= 0.3 is 0 Å². The van der Waals surface area contributed by atoms with Gasteiger partial charge in [-0.1, -0.05) is 19.1 Å². The number of nitrogens with zero attached hydrogens (tertiary/aromatic N) is 1. The molecule has 3 heteroatoms. The van der Waals surface area contributed by atoms with Crippen molar-refractivity contribution in [1.29, 1.82) is 0 Å². The fourth-order valence-corrected chi connectivity index (χ4v) is 0.967. The number of rotatable bonds is 6. The van der Waals surface area contributed by atoms with Gasteiger partial charge in [0.1, 0.15) is 0 Å². The van der Waals surface area contributed by atoms with Gasteiger partial charge in [0.2, 0.25) is 0 Å². The van der Waals surface area contributed by atoms with Crippen LogP contribution in [-0.4, -0.2) is 42.0 Å². The van der Waals surface area contributed by atoms with Crippen LogP contribution in [0.5, 0.6) is 0 Å². The Bertz CT molecular complexity index is 106. The Morgan fingerprint density at radius 2 is 2.18 bits per heavy atom. The molecule has 66 valence electrons. The van der Waals surface area contributed by atoms with E-state index in [2.05, 4.69) is 30.5 Å².